The average molecular weight is 334 g/mol. The lowest BCUT2D eigenvalue weighted by Gasteiger charge is -2.15. The monoisotopic (exact) mass is 333 g/mol. The van der Waals surface area contributed by atoms with Crippen molar-refractivity contribution in [2.45, 2.75) is 32.2 Å². The fourth-order valence-corrected chi connectivity index (χ4v) is 3.02. The zero-order valence-corrected chi connectivity index (χ0v) is 13.4. The van der Waals surface area contributed by atoms with Crippen molar-refractivity contribution in [1.82, 2.24) is 5.32 Å². The number of benzene rings is 1. The first-order valence-corrected chi connectivity index (χ1v) is 8.51. The molecule has 0 radical (unpaired) electrons. The Labute approximate surface area is 122 Å². The molecule has 102 valence electrons. The molecule has 1 aromatic carbocycles. The summed E-state index contributed by atoms with van der Waals surface area (Å²) in [6.07, 6.45) is 5.90. The number of nitrogens with one attached hydrogen (secondary N) is 1. The number of rotatable bonds is 8. The molecule has 1 aromatic rings. The minimum absolute atomic E-state index is 0.199. The van der Waals surface area contributed by atoms with Crippen LogP contribution in [0.3, 0.4) is 0 Å². The number of hydrogen-bond acceptors (Lipinski definition) is 2. The lowest BCUT2D eigenvalue weighted by Crippen LogP contribution is -2.20. The van der Waals surface area contributed by atoms with E-state index in [0.717, 1.165) is 16.6 Å². The normalized spacial score (nSPS) is 12.7. The standard InChI is InChI=1S/C14H21BrFNS/c1-11(17-8-4-3-5-9-18-2)13-7-6-12(16)10-14(13)15/h6-7,10-11,17H,3-5,8-9H2,1-2H3. The van der Waals surface area contributed by atoms with Gasteiger partial charge in [0.1, 0.15) is 5.82 Å². The molecule has 0 heterocycles. The Balaban J connectivity index is 2.29. The minimum Gasteiger partial charge on any atom is -0.310 e. The van der Waals surface area contributed by atoms with Gasteiger partial charge in [-0.25, -0.2) is 4.39 Å². The van der Waals surface area contributed by atoms with Crippen LogP contribution < -0.4 is 5.32 Å². The summed E-state index contributed by atoms with van der Waals surface area (Å²) >= 11 is 5.31. The smallest absolute Gasteiger partial charge is 0.124 e. The number of thioether (sulfide) groups is 1. The Morgan fingerprint density at radius 1 is 1.33 bits per heavy atom. The molecular formula is C14H21BrFNS. The largest absolute Gasteiger partial charge is 0.310 e. The van der Waals surface area contributed by atoms with Gasteiger partial charge in [0, 0.05) is 10.5 Å². The number of unbranched alkanes of at least 4 members (excludes halogenated alkanes) is 2. The zero-order chi connectivity index (χ0) is 13.4. The summed E-state index contributed by atoms with van der Waals surface area (Å²) < 4.78 is 13.8. The second-order valence-corrected chi connectivity index (χ2v) is 6.24. The van der Waals surface area contributed by atoms with Gasteiger partial charge in [-0.3, -0.25) is 0 Å². The van der Waals surface area contributed by atoms with Crippen LogP contribution in [0.25, 0.3) is 0 Å². The summed E-state index contributed by atoms with van der Waals surface area (Å²) in [5.41, 5.74) is 1.11. The quantitative estimate of drug-likeness (QED) is 0.687. The molecule has 1 rings (SSSR count). The van der Waals surface area contributed by atoms with Gasteiger partial charge in [0.2, 0.25) is 0 Å². The van der Waals surface area contributed by atoms with Crippen LogP contribution in [0.1, 0.15) is 37.8 Å². The lowest BCUT2D eigenvalue weighted by molar-refractivity contribution is 0.541. The molecule has 0 spiro atoms. The van der Waals surface area contributed by atoms with Crippen LogP contribution in [0.15, 0.2) is 22.7 Å². The van der Waals surface area contributed by atoms with E-state index in [1.54, 1.807) is 0 Å². The van der Waals surface area contributed by atoms with Crippen LogP contribution in [0.2, 0.25) is 0 Å². The maximum absolute atomic E-state index is 13.0. The van der Waals surface area contributed by atoms with Crippen LogP contribution >= 0.6 is 27.7 Å². The molecule has 1 nitrogen and oxygen atoms in total. The van der Waals surface area contributed by atoms with Crippen LogP contribution in [-0.4, -0.2) is 18.6 Å². The Morgan fingerprint density at radius 2 is 2.11 bits per heavy atom. The van der Waals surface area contributed by atoms with Gasteiger partial charge in [-0.2, -0.15) is 11.8 Å². The van der Waals surface area contributed by atoms with Gasteiger partial charge in [-0.15, -0.1) is 0 Å². The van der Waals surface area contributed by atoms with Crippen molar-refractivity contribution in [2.24, 2.45) is 0 Å². The Bertz CT molecular complexity index is 360. The molecule has 0 bridgehead atoms. The van der Waals surface area contributed by atoms with Gasteiger partial charge in [0.05, 0.1) is 0 Å². The summed E-state index contributed by atoms with van der Waals surface area (Å²) in [6, 6.07) is 5.12. The van der Waals surface area contributed by atoms with E-state index in [2.05, 4.69) is 34.4 Å². The zero-order valence-electron chi connectivity index (χ0n) is 11.0. The van der Waals surface area contributed by atoms with Crippen molar-refractivity contribution in [1.29, 1.82) is 0 Å². The highest BCUT2D eigenvalue weighted by Crippen LogP contribution is 2.24. The summed E-state index contributed by atoms with van der Waals surface area (Å²) in [5, 5.41) is 3.48. The highest BCUT2D eigenvalue weighted by atomic mass is 79.9. The van der Waals surface area contributed by atoms with Crippen molar-refractivity contribution in [3.8, 4) is 0 Å². The predicted molar refractivity (Wildman–Crippen MR) is 82.8 cm³/mol. The summed E-state index contributed by atoms with van der Waals surface area (Å²) in [5.74, 6) is 1.05. The van der Waals surface area contributed by atoms with Gasteiger partial charge in [0.25, 0.3) is 0 Å². The average Bonchev–Trinajstić information content (AvgIpc) is 2.33. The van der Waals surface area contributed by atoms with Crippen LogP contribution in [-0.2, 0) is 0 Å². The van der Waals surface area contributed by atoms with Gasteiger partial charge < -0.3 is 5.32 Å². The maximum Gasteiger partial charge on any atom is 0.124 e. The molecule has 0 saturated heterocycles. The summed E-state index contributed by atoms with van der Waals surface area (Å²) in [6.45, 7) is 3.12. The van der Waals surface area contributed by atoms with E-state index >= 15 is 0 Å². The fraction of sp³-hybridized carbons (Fsp3) is 0.571. The van der Waals surface area contributed by atoms with Crippen LogP contribution in [0.5, 0.6) is 0 Å². The van der Waals surface area contributed by atoms with Crippen molar-refractivity contribution < 1.29 is 4.39 Å². The molecule has 0 aliphatic heterocycles. The van der Waals surface area contributed by atoms with Crippen molar-refractivity contribution >= 4 is 27.7 Å². The van der Waals surface area contributed by atoms with E-state index < -0.39 is 0 Å². The van der Waals surface area contributed by atoms with E-state index in [0.29, 0.717) is 0 Å². The molecular weight excluding hydrogens is 313 g/mol. The molecule has 1 N–H and O–H groups in total. The Morgan fingerprint density at radius 3 is 2.78 bits per heavy atom. The lowest BCUT2D eigenvalue weighted by atomic mass is 10.1. The maximum atomic E-state index is 13.0. The Kier molecular flexibility index (Phi) is 7.95. The van der Waals surface area contributed by atoms with Crippen molar-refractivity contribution in [2.75, 3.05) is 18.6 Å². The van der Waals surface area contributed by atoms with Gasteiger partial charge in [-0.1, -0.05) is 28.4 Å². The Hall–Kier alpha value is -0.0600. The van der Waals surface area contributed by atoms with Crippen LogP contribution in [0.4, 0.5) is 4.39 Å². The molecule has 0 aliphatic rings. The molecule has 0 fully saturated rings. The first-order chi connectivity index (χ1) is 8.65. The van der Waals surface area contributed by atoms with E-state index in [9.17, 15) is 4.39 Å². The third-order valence-electron chi connectivity index (χ3n) is 2.90. The van der Waals surface area contributed by atoms with Crippen molar-refractivity contribution in [3.05, 3.63) is 34.1 Å². The van der Waals surface area contributed by atoms with Gasteiger partial charge in [0.15, 0.2) is 0 Å². The highest BCUT2D eigenvalue weighted by molar-refractivity contribution is 9.10. The molecule has 0 amide bonds. The second-order valence-electron chi connectivity index (χ2n) is 4.40. The number of hydrogen-bond donors (Lipinski definition) is 1. The third-order valence-corrected chi connectivity index (χ3v) is 4.29. The van der Waals surface area contributed by atoms with E-state index in [4.69, 9.17) is 0 Å². The second kappa shape index (κ2) is 8.94. The predicted octanol–water partition coefficient (Wildman–Crippen LogP) is 4.77. The first kappa shape index (κ1) is 16.0. The summed E-state index contributed by atoms with van der Waals surface area (Å²) in [4.78, 5) is 0. The van der Waals surface area contributed by atoms with E-state index in [1.165, 1.54) is 37.1 Å². The van der Waals surface area contributed by atoms with E-state index in [-0.39, 0.29) is 11.9 Å². The SMILES string of the molecule is CSCCCCCNC(C)c1ccc(F)cc1Br. The summed E-state index contributed by atoms with van der Waals surface area (Å²) in [7, 11) is 0. The molecule has 0 aromatic heterocycles. The molecule has 1 atom stereocenters. The van der Waals surface area contributed by atoms with E-state index in [1.807, 2.05) is 17.8 Å². The fourth-order valence-electron chi connectivity index (χ4n) is 1.83. The molecule has 0 aliphatic carbocycles. The molecule has 4 heteroatoms. The molecule has 18 heavy (non-hydrogen) atoms. The first-order valence-electron chi connectivity index (χ1n) is 6.32. The molecule has 1 unspecified atom stereocenters. The topological polar surface area (TPSA) is 12.0 Å². The van der Waals surface area contributed by atoms with Crippen LogP contribution in [0, 0.1) is 5.82 Å². The third kappa shape index (κ3) is 5.72. The highest BCUT2D eigenvalue weighted by Gasteiger charge is 2.08. The van der Waals surface area contributed by atoms with Gasteiger partial charge in [-0.05, 0) is 56.0 Å². The minimum atomic E-state index is -0.199. The molecule has 0 saturated carbocycles. The van der Waals surface area contributed by atoms with Gasteiger partial charge >= 0.3 is 0 Å². The number of halogens is 2. The van der Waals surface area contributed by atoms with Crippen molar-refractivity contribution in [3.63, 3.8) is 0 Å².